The van der Waals surface area contributed by atoms with Crippen LogP contribution in [0.4, 0.5) is 5.69 Å². The van der Waals surface area contributed by atoms with Gasteiger partial charge in [0.15, 0.2) is 15.0 Å². The number of nitrogens with one attached hydrogen (secondary N) is 2. The van der Waals surface area contributed by atoms with E-state index in [1.807, 2.05) is 25.1 Å². The molecule has 7 rings (SSSR count). The Balaban J connectivity index is 1.07. The van der Waals surface area contributed by atoms with Crippen LogP contribution < -0.4 is 10.6 Å². The number of amidine groups is 1. The predicted octanol–water partition coefficient (Wildman–Crippen LogP) is 4.01. The molecule has 8 heteroatoms. The van der Waals surface area contributed by atoms with Crippen molar-refractivity contribution < 1.29 is 13.2 Å². The summed E-state index contributed by atoms with van der Waals surface area (Å²) in [4.78, 5) is 17.5. The Morgan fingerprint density at radius 2 is 1.82 bits per heavy atom. The van der Waals surface area contributed by atoms with Crippen molar-refractivity contribution in [2.75, 3.05) is 23.4 Å². The zero-order chi connectivity index (χ0) is 22.8. The number of thioether (sulfide) groups is 1. The van der Waals surface area contributed by atoms with Crippen LogP contribution in [0, 0.1) is 30.1 Å². The van der Waals surface area contributed by atoms with Crippen LogP contribution in [0.3, 0.4) is 0 Å². The van der Waals surface area contributed by atoms with E-state index >= 15 is 0 Å². The van der Waals surface area contributed by atoms with Crippen LogP contribution in [0.5, 0.6) is 0 Å². The number of anilines is 1. The Morgan fingerprint density at radius 1 is 1.12 bits per heavy atom. The first-order valence-electron chi connectivity index (χ1n) is 12.4. The van der Waals surface area contributed by atoms with Crippen LogP contribution in [0.2, 0.25) is 0 Å². The van der Waals surface area contributed by atoms with Gasteiger partial charge in [0.2, 0.25) is 0 Å². The predicted molar refractivity (Wildman–Crippen MR) is 134 cm³/mol. The highest BCUT2D eigenvalue weighted by Crippen LogP contribution is 2.61. The normalized spacial score (nSPS) is 37.6. The Bertz CT molecular complexity index is 1080. The Labute approximate surface area is 200 Å². The second-order valence-corrected chi connectivity index (χ2v) is 14.7. The van der Waals surface area contributed by atoms with Crippen LogP contribution in [-0.4, -0.2) is 48.8 Å². The molecule has 6 aliphatic rings. The number of aryl methyl sites for hydroxylation is 1. The minimum absolute atomic E-state index is 0.00821. The quantitative estimate of drug-likeness (QED) is 0.655. The molecule has 2 N–H and O–H groups in total. The first-order chi connectivity index (χ1) is 15.8. The van der Waals surface area contributed by atoms with E-state index in [2.05, 4.69) is 15.6 Å². The van der Waals surface area contributed by atoms with Gasteiger partial charge >= 0.3 is 0 Å². The van der Waals surface area contributed by atoms with Crippen LogP contribution in [0.1, 0.15) is 60.9 Å². The van der Waals surface area contributed by atoms with Crippen LogP contribution in [-0.2, 0) is 9.84 Å². The highest BCUT2D eigenvalue weighted by molar-refractivity contribution is 8.15. The molecule has 0 aromatic heterocycles. The summed E-state index contributed by atoms with van der Waals surface area (Å²) in [6, 6.07) is 5.58. The number of fused-ring (bicyclic) bond motifs is 1. The number of carbonyl (C=O) groups excluding carboxylic acids is 1. The van der Waals surface area contributed by atoms with Crippen molar-refractivity contribution in [1.29, 1.82) is 0 Å². The molecule has 0 radical (unpaired) electrons. The average Bonchev–Trinajstić information content (AvgIpc) is 3.21. The van der Waals surface area contributed by atoms with Crippen LogP contribution in [0.15, 0.2) is 23.2 Å². The van der Waals surface area contributed by atoms with E-state index in [1.165, 1.54) is 50.3 Å². The van der Waals surface area contributed by atoms with Gasteiger partial charge < -0.3 is 10.6 Å². The molecule has 2 heterocycles. The third-order valence-corrected chi connectivity index (χ3v) is 11.8. The minimum atomic E-state index is -2.96. The zero-order valence-electron chi connectivity index (χ0n) is 19.2. The maximum Gasteiger partial charge on any atom is 0.251 e. The van der Waals surface area contributed by atoms with Crippen molar-refractivity contribution in [3.05, 3.63) is 29.3 Å². The van der Waals surface area contributed by atoms with Gasteiger partial charge in [0.05, 0.1) is 17.5 Å². The molecule has 0 spiro atoms. The number of benzene rings is 1. The molecular weight excluding hydrogens is 454 g/mol. The molecule has 6 nitrogen and oxygen atoms in total. The molecule has 1 amide bonds. The largest absolute Gasteiger partial charge is 0.352 e. The molecule has 33 heavy (non-hydrogen) atoms. The Morgan fingerprint density at radius 3 is 2.48 bits per heavy atom. The van der Waals surface area contributed by atoms with Crippen LogP contribution in [0.25, 0.3) is 0 Å². The van der Waals surface area contributed by atoms with E-state index in [4.69, 9.17) is 0 Å². The van der Waals surface area contributed by atoms with Crippen molar-refractivity contribution in [1.82, 2.24) is 5.32 Å². The molecule has 2 atom stereocenters. The van der Waals surface area contributed by atoms with Gasteiger partial charge in [-0.3, -0.25) is 9.79 Å². The smallest absolute Gasteiger partial charge is 0.251 e. The van der Waals surface area contributed by atoms with E-state index in [0.29, 0.717) is 11.0 Å². The first-order valence-corrected chi connectivity index (χ1v) is 15.1. The molecule has 1 aromatic carbocycles. The number of nitrogens with zero attached hydrogens (tertiary/aromatic N) is 1. The van der Waals surface area contributed by atoms with Crippen molar-refractivity contribution >= 4 is 38.4 Å². The molecule has 4 saturated carbocycles. The van der Waals surface area contributed by atoms with Gasteiger partial charge in [-0.2, -0.15) is 0 Å². The van der Waals surface area contributed by atoms with Crippen LogP contribution >= 0.6 is 11.8 Å². The van der Waals surface area contributed by atoms with Crippen molar-refractivity contribution in [2.45, 2.75) is 63.2 Å². The minimum Gasteiger partial charge on any atom is -0.352 e. The molecule has 1 saturated heterocycles. The Hall–Kier alpha value is -1.54. The number of hydrogen-bond acceptors (Lipinski definition) is 6. The van der Waals surface area contributed by atoms with Gasteiger partial charge in [-0.05, 0) is 92.7 Å². The van der Waals surface area contributed by atoms with E-state index in [0.717, 1.165) is 47.1 Å². The molecule has 4 bridgehead atoms. The maximum absolute atomic E-state index is 12.9. The van der Waals surface area contributed by atoms with Gasteiger partial charge in [-0.1, -0.05) is 17.8 Å². The molecule has 4 aliphatic carbocycles. The van der Waals surface area contributed by atoms with Crippen molar-refractivity contribution in [2.24, 2.45) is 28.2 Å². The van der Waals surface area contributed by atoms with Gasteiger partial charge in [0.1, 0.15) is 0 Å². The maximum atomic E-state index is 12.9. The summed E-state index contributed by atoms with van der Waals surface area (Å²) in [7, 11) is -2.96. The fourth-order valence-electron chi connectivity index (χ4n) is 7.57. The fraction of sp³-hybridized carbons (Fsp3) is 0.680. The standard InChI is InChI=1S/C25H33N3O3S2/c1-15-2-3-19(9-20(15)27-24-28-21-13-33(30,31)14-22(21)32-24)23(29)26-5-4-25-10-16-6-17(11-25)8-18(7-16)12-25/h2-3,9,16-18,21-22H,4-8,10-14H2,1H3,(H,26,29)(H,27,28)/t16?,17?,18?,21-,22-,25?/m0/s1. The molecule has 0 unspecified atom stereocenters. The van der Waals surface area contributed by atoms with E-state index in [1.54, 1.807) is 0 Å². The number of amides is 1. The summed E-state index contributed by atoms with van der Waals surface area (Å²) in [6.45, 7) is 2.75. The second kappa shape index (κ2) is 8.01. The third kappa shape index (κ3) is 4.33. The number of hydrogen-bond donors (Lipinski definition) is 2. The lowest BCUT2D eigenvalue weighted by atomic mass is 9.49. The average molecular weight is 488 g/mol. The van der Waals surface area contributed by atoms with Crippen molar-refractivity contribution in [3.8, 4) is 0 Å². The highest BCUT2D eigenvalue weighted by atomic mass is 32.2. The van der Waals surface area contributed by atoms with E-state index in [-0.39, 0.29) is 28.7 Å². The number of carbonyl (C=O) groups is 1. The van der Waals surface area contributed by atoms with E-state index in [9.17, 15) is 13.2 Å². The van der Waals surface area contributed by atoms with E-state index < -0.39 is 9.84 Å². The molecular formula is C25H33N3O3S2. The van der Waals surface area contributed by atoms with Gasteiger partial charge in [-0.25, -0.2) is 8.42 Å². The zero-order valence-corrected chi connectivity index (χ0v) is 20.8. The number of rotatable bonds is 5. The summed E-state index contributed by atoms with van der Waals surface area (Å²) in [6.07, 6.45) is 9.57. The molecule has 178 valence electrons. The molecule has 5 fully saturated rings. The first kappa shape index (κ1) is 22.0. The summed E-state index contributed by atoms with van der Waals surface area (Å²) in [5.41, 5.74) is 3.02. The molecule has 2 aliphatic heterocycles. The monoisotopic (exact) mass is 487 g/mol. The lowest BCUT2D eigenvalue weighted by Gasteiger charge is -2.57. The lowest BCUT2D eigenvalue weighted by molar-refractivity contribution is -0.0564. The van der Waals surface area contributed by atoms with Crippen molar-refractivity contribution in [3.63, 3.8) is 0 Å². The number of aliphatic imine (C=N–C) groups is 1. The fourth-order valence-corrected chi connectivity index (χ4v) is 11.2. The molecule has 1 aromatic rings. The van der Waals surface area contributed by atoms with Gasteiger partial charge in [-0.15, -0.1) is 0 Å². The summed E-state index contributed by atoms with van der Waals surface area (Å²) in [5, 5.41) is 7.29. The third-order valence-electron chi connectivity index (χ3n) is 8.67. The summed E-state index contributed by atoms with van der Waals surface area (Å²) >= 11 is 1.50. The summed E-state index contributed by atoms with van der Waals surface area (Å²) < 4.78 is 23.6. The highest BCUT2D eigenvalue weighted by Gasteiger charge is 2.50. The van der Waals surface area contributed by atoms with Gasteiger partial charge in [0, 0.05) is 23.0 Å². The lowest BCUT2D eigenvalue weighted by Crippen LogP contribution is -2.47. The Kier molecular flexibility index (Phi) is 5.33. The second-order valence-electron chi connectivity index (χ2n) is 11.3. The van der Waals surface area contributed by atoms with Gasteiger partial charge in [0.25, 0.3) is 5.91 Å². The summed E-state index contributed by atoms with van der Waals surface area (Å²) in [5.74, 6) is 3.13. The topological polar surface area (TPSA) is 87.6 Å². The number of sulfone groups is 1. The SMILES string of the molecule is Cc1ccc(C(=O)NCCC23CC4CC(CC(C4)C2)C3)cc1NC1=N[C@H]2CS(=O)(=O)C[C@@H]2S1.